The maximum absolute atomic E-state index is 4.11. The summed E-state index contributed by atoms with van der Waals surface area (Å²) in [7, 11) is 0. The van der Waals surface area contributed by atoms with Crippen molar-refractivity contribution in [3.8, 4) is 0 Å². The minimum absolute atomic E-state index is 0.342. The Balaban J connectivity index is 1.67. The highest BCUT2D eigenvalue weighted by Gasteiger charge is 2.29. The fraction of sp³-hybridized carbons (Fsp3) is 0.211. The molecule has 115 valence electrons. The molecule has 4 heteroatoms. The van der Waals surface area contributed by atoms with E-state index in [0.717, 1.165) is 19.6 Å². The molecule has 1 aliphatic rings. The third kappa shape index (κ3) is 2.94. The summed E-state index contributed by atoms with van der Waals surface area (Å²) in [6.45, 7) is 2.98. The van der Waals surface area contributed by atoms with Crippen LogP contribution in [-0.4, -0.2) is 24.6 Å². The molecule has 0 bridgehead atoms. The molecule has 3 nitrogen and oxygen atoms in total. The predicted molar refractivity (Wildman–Crippen MR) is 96.1 cm³/mol. The largest absolute Gasteiger partial charge is 0.361 e. The molecule has 1 aliphatic heterocycles. The first-order valence-electron chi connectivity index (χ1n) is 7.85. The second kappa shape index (κ2) is 6.42. The molecule has 1 aromatic heterocycles. The fourth-order valence-electron chi connectivity index (χ4n) is 3.20. The number of hydrogen-bond donors (Lipinski definition) is 0. The van der Waals surface area contributed by atoms with Crippen molar-refractivity contribution in [3.63, 3.8) is 0 Å². The molecule has 2 heterocycles. The van der Waals surface area contributed by atoms with Gasteiger partial charge in [0, 0.05) is 25.3 Å². The van der Waals surface area contributed by atoms with Crippen LogP contribution in [-0.2, 0) is 0 Å². The van der Waals surface area contributed by atoms with Gasteiger partial charge in [-0.25, -0.2) is 4.98 Å². The third-order valence-electron chi connectivity index (χ3n) is 4.34. The van der Waals surface area contributed by atoms with Crippen molar-refractivity contribution in [2.24, 2.45) is 0 Å². The number of piperazine rings is 1. The van der Waals surface area contributed by atoms with Gasteiger partial charge in [0.15, 0.2) is 5.51 Å². The molecule has 2 aromatic carbocycles. The Hall–Kier alpha value is -2.33. The average Bonchev–Trinajstić information content (AvgIpc) is 3.17. The van der Waals surface area contributed by atoms with Crippen LogP contribution in [0, 0.1) is 5.51 Å². The van der Waals surface area contributed by atoms with E-state index in [2.05, 4.69) is 81.0 Å². The van der Waals surface area contributed by atoms with Gasteiger partial charge in [-0.05, 0) is 17.7 Å². The second-order valence-electron chi connectivity index (χ2n) is 5.69. The molecule has 1 saturated heterocycles. The van der Waals surface area contributed by atoms with Crippen molar-refractivity contribution in [3.05, 3.63) is 77.9 Å². The smallest absolute Gasteiger partial charge is 0.154 e. The molecule has 0 N–H and O–H groups in total. The van der Waals surface area contributed by atoms with E-state index in [1.807, 2.05) is 6.20 Å². The zero-order chi connectivity index (χ0) is 15.5. The Morgan fingerprint density at radius 3 is 2.39 bits per heavy atom. The van der Waals surface area contributed by atoms with Crippen LogP contribution >= 0.6 is 11.3 Å². The first-order valence-corrected chi connectivity index (χ1v) is 8.67. The van der Waals surface area contributed by atoms with Gasteiger partial charge in [0.1, 0.15) is 5.00 Å². The number of anilines is 2. The summed E-state index contributed by atoms with van der Waals surface area (Å²) in [5.41, 5.74) is 5.61. The maximum Gasteiger partial charge on any atom is 0.154 e. The molecule has 1 radical (unpaired) electrons. The van der Waals surface area contributed by atoms with Crippen molar-refractivity contribution in [1.29, 1.82) is 0 Å². The molecule has 0 spiro atoms. The van der Waals surface area contributed by atoms with Gasteiger partial charge in [0.05, 0.1) is 12.2 Å². The summed E-state index contributed by atoms with van der Waals surface area (Å²) >= 11 is 1.60. The summed E-state index contributed by atoms with van der Waals surface area (Å²) in [5, 5.41) is 1.21. The fourth-order valence-corrected chi connectivity index (χ4v) is 3.80. The second-order valence-corrected chi connectivity index (χ2v) is 6.50. The molecular formula is C19H18N3S. The van der Waals surface area contributed by atoms with Crippen LogP contribution < -0.4 is 9.80 Å². The highest BCUT2D eigenvalue weighted by Crippen LogP contribution is 2.33. The molecule has 0 saturated carbocycles. The molecule has 0 amide bonds. The first-order chi connectivity index (χ1) is 11.4. The highest BCUT2D eigenvalue weighted by molar-refractivity contribution is 7.13. The number of nitrogens with zero attached hydrogens (tertiary/aromatic N) is 3. The van der Waals surface area contributed by atoms with E-state index < -0.39 is 0 Å². The number of rotatable bonds is 3. The van der Waals surface area contributed by atoms with Gasteiger partial charge >= 0.3 is 0 Å². The standard InChI is InChI=1S/C19H18N3S/c1-3-7-16(8-4-1)18-14-21(19-13-20-15-23-19)11-12-22(18)17-9-5-2-6-10-17/h1-10,13,18H,11-12,14H2. The minimum atomic E-state index is 0.342. The number of para-hydroxylation sites is 1. The summed E-state index contributed by atoms with van der Waals surface area (Å²) < 4.78 is 0. The van der Waals surface area contributed by atoms with Crippen molar-refractivity contribution in [2.75, 3.05) is 29.4 Å². The van der Waals surface area contributed by atoms with Crippen molar-refractivity contribution in [1.82, 2.24) is 4.98 Å². The van der Waals surface area contributed by atoms with Crippen molar-refractivity contribution >= 4 is 22.0 Å². The Morgan fingerprint density at radius 2 is 1.70 bits per heavy atom. The Kier molecular flexibility index (Phi) is 3.99. The van der Waals surface area contributed by atoms with Gasteiger partial charge in [0.2, 0.25) is 0 Å². The average molecular weight is 320 g/mol. The van der Waals surface area contributed by atoms with E-state index in [4.69, 9.17) is 0 Å². The number of thiazole rings is 1. The third-order valence-corrected chi connectivity index (χ3v) is 5.11. The van der Waals surface area contributed by atoms with Gasteiger partial charge in [-0.3, -0.25) is 0 Å². The maximum atomic E-state index is 4.11. The summed E-state index contributed by atoms with van der Waals surface area (Å²) in [6.07, 6.45) is 1.92. The van der Waals surface area contributed by atoms with Crippen molar-refractivity contribution in [2.45, 2.75) is 6.04 Å². The molecule has 1 atom stereocenters. The zero-order valence-electron chi connectivity index (χ0n) is 12.8. The van der Waals surface area contributed by atoms with Gasteiger partial charge in [0.25, 0.3) is 0 Å². The van der Waals surface area contributed by atoms with Crippen LogP contribution in [0.15, 0.2) is 66.9 Å². The lowest BCUT2D eigenvalue weighted by molar-refractivity contribution is 0.541. The van der Waals surface area contributed by atoms with Crippen LogP contribution in [0.25, 0.3) is 0 Å². The van der Waals surface area contributed by atoms with E-state index in [0.29, 0.717) is 6.04 Å². The SMILES string of the molecule is [c]1ncc(N2CCN(c3ccccc3)C(c3ccccc3)C2)s1. The van der Waals surface area contributed by atoms with E-state index in [1.165, 1.54) is 16.3 Å². The Morgan fingerprint density at radius 1 is 0.957 bits per heavy atom. The summed E-state index contributed by atoms with van der Waals surface area (Å²) in [5.74, 6) is 0. The molecule has 3 aromatic rings. The zero-order valence-corrected chi connectivity index (χ0v) is 13.6. The lowest BCUT2D eigenvalue weighted by Gasteiger charge is -2.43. The van der Waals surface area contributed by atoms with Gasteiger partial charge in [-0.2, -0.15) is 0 Å². The molecule has 0 aliphatic carbocycles. The first kappa shape index (κ1) is 14.3. The van der Waals surface area contributed by atoms with Crippen LogP contribution in [0.1, 0.15) is 11.6 Å². The topological polar surface area (TPSA) is 19.4 Å². The van der Waals surface area contributed by atoms with Gasteiger partial charge < -0.3 is 9.80 Å². The van der Waals surface area contributed by atoms with E-state index in [1.54, 1.807) is 11.3 Å². The monoisotopic (exact) mass is 320 g/mol. The number of hydrogen-bond acceptors (Lipinski definition) is 4. The molecule has 4 rings (SSSR count). The number of aromatic nitrogens is 1. The van der Waals surface area contributed by atoms with E-state index in [-0.39, 0.29) is 0 Å². The van der Waals surface area contributed by atoms with Crippen LogP contribution in [0.3, 0.4) is 0 Å². The summed E-state index contributed by atoms with van der Waals surface area (Å²) in [6, 6.07) is 21.8. The molecule has 23 heavy (non-hydrogen) atoms. The molecule has 1 unspecified atom stereocenters. The lowest BCUT2D eigenvalue weighted by atomic mass is 10.0. The van der Waals surface area contributed by atoms with Crippen LogP contribution in [0.4, 0.5) is 10.7 Å². The Bertz CT molecular complexity index is 728. The van der Waals surface area contributed by atoms with Gasteiger partial charge in [-0.1, -0.05) is 59.9 Å². The quantitative estimate of drug-likeness (QED) is 0.727. The number of benzene rings is 2. The molecular weight excluding hydrogens is 302 g/mol. The highest BCUT2D eigenvalue weighted by atomic mass is 32.1. The normalized spacial score (nSPS) is 18.2. The Labute approximate surface area is 140 Å². The lowest BCUT2D eigenvalue weighted by Crippen LogP contribution is -2.48. The predicted octanol–water partition coefficient (Wildman–Crippen LogP) is 4.01. The van der Waals surface area contributed by atoms with Crippen LogP contribution in [0.5, 0.6) is 0 Å². The summed E-state index contributed by atoms with van der Waals surface area (Å²) in [4.78, 5) is 9.04. The van der Waals surface area contributed by atoms with Crippen molar-refractivity contribution < 1.29 is 0 Å². The van der Waals surface area contributed by atoms with E-state index in [9.17, 15) is 0 Å². The van der Waals surface area contributed by atoms with Gasteiger partial charge in [-0.15, -0.1) is 0 Å². The van der Waals surface area contributed by atoms with E-state index >= 15 is 0 Å². The van der Waals surface area contributed by atoms with Crippen LogP contribution in [0.2, 0.25) is 0 Å². The minimum Gasteiger partial charge on any atom is -0.361 e. The molecule has 1 fully saturated rings.